The first-order valence-electron chi connectivity index (χ1n) is 10.2. The second-order valence-corrected chi connectivity index (χ2v) is 9.96. The molecule has 4 rings (SSSR count). The summed E-state index contributed by atoms with van der Waals surface area (Å²) < 4.78 is 7.24. The molecule has 4 nitrogen and oxygen atoms in total. The first kappa shape index (κ1) is 21.2. The molecule has 0 aliphatic carbocycles. The molecule has 0 radical (unpaired) electrons. The summed E-state index contributed by atoms with van der Waals surface area (Å²) in [4.78, 5) is 15.3. The number of rotatable bonds is 5. The molecule has 1 aromatic carbocycles. The van der Waals surface area contributed by atoms with Gasteiger partial charge in [-0.05, 0) is 51.3 Å². The van der Waals surface area contributed by atoms with Crippen molar-refractivity contribution in [3.63, 3.8) is 0 Å². The SMILES string of the molecule is CCN1C(C)=CS/C1=C\C=c1/s/c(=C/c2sc3ccccc3[n+]2CC)n(CC)c1=O. The Bertz CT molecular complexity index is 1320. The zero-order valence-electron chi connectivity index (χ0n) is 17.7. The van der Waals surface area contributed by atoms with Crippen molar-refractivity contribution in [1.82, 2.24) is 9.47 Å². The maximum Gasteiger partial charge on any atom is 0.269 e. The smallest absolute Gasteiger partial charge is 0.269 e. The monoisotopic (exact) mass is 456 g/mol. The lowest BCUT2D eigenvalue weighted by molar-refractivity contribution is -0.665. The number of nitrogens with zero attached hydrogens (tertiary/aromatic N) is 3. The summed E-state index contributed by atoms with van der Waals surface area (Å²) in [6.45, 7) is 11.0. The van der Waals surface area contributed by atoms with E-state index in [1.54, 1.807) is 34.4 Å². The molecule has 2 aromatic heterocycles. The highest BCUT2D eigenvalue weighted by Crippen LogP contribution is 2.33. The van der Waals surface area contributed by atoms with E-state index in [0.717, 1.165) is 22.3 Å². The third kappa shape index (κ3) is 3.82. The second kappa shape index (κ2) is 8.96. The topological polar surface area (TPSA) is 29.1 Å². The number of benzene rings is 1. The van der Waals surface area contributed by atoms with E-state index in [4.69, 9.17) is 0 Å². The van der Waals surface area contributed by atoms with Gasteiger partial charge in [0.2, 0.25) is 5.52 Å². The number of para-hydroxylation sites is 1. The first-order valence-corrected chi connectivity index (χ1v) is 12.7. The van der Waals surface area contributed by atoms with Gasteiger partial charge < -0.3 is 4.90 Å². The van der Waals surface area contributed by atoms with Crippen LogP contribution in [0.25, 0.3) is 22.4 Å². The van der Waals surface area contributed by atoms with Crippen molar-refractivity contribution in [2.75, 3.05) is 6.54 Å². The molecule has 0 unspecified atom stereocenters. The molecular formula is C23H26N3OS3+. The average Bonchev–Trinajstić information content (AvgIpc) is 3.38. The molecular weight excluding hydrogens is 430 g/mol. The summed E-state index contributed by atoms with van der Waals surface area (Å²) >= 11 is 5.06. The zero-order valence-corrected chi connectivity index (χ0v) is 20.2. The number of hydrogen-bond acceptors (Lipinski definition) is 5. The van der Waals surface area contributed by atoms with Gasteiger partial charge in [-0.15, -0.1) is 11.3 Å². The molecule has 7 heteroatoms. The largest absolute Gasteiger partial charge is 0.340 e. The van der Waals surface area contributed by atoms with E-state index >= 15 is 0 Å². The number of fused-ring (bicyclic) bond motifs is 1. The van der Waals surface area contributed by atoms with Crippen LogP contribution in [-0.2, 0) is 13.1 Å². The van der Waals surface area contributed by atoms with Gasteiger partial charge in [-0.1, -0.05) is 35.2 Å². The van der Waals surface area contributed by atoms with E-state index in [9.17, 15) is 4.79 Å². The highest BCUT2D eigenvalue weighted by atomic mass is 32.2. The lowest BCUT2D eigenvalue weighted by Gasteiger charge is -2.18. The van der Waals surface area contributed by atoms with Crippen molar-refractivity contribution in [3.8, 4) is 0 Å². The van der Waals surface area contributed by atoms with Crippen LogP contribution >= 0.6 is 34.4 Å². The number of aryl methyl sites for hydroxylation is 1. The maximum absolute atomic E-state index is 13.0. The fourth-order valence-corrected chi connectivity index (χ4v) is 6.93. The van der Waals surface area contributed by atoms with Crippen LogP contribution < -0.4 is 19.3 Å². The normalized spacial score (nSPS) is 17.0. The van der Waals surface area contributed by atoms with Gasteiger partial charge >= 0.3 is 0 Å². The summed E-state index contributed by atoms with van der Waals surface area (Å²) in [5.41, 5.74) is 2.59. The fraction of sp³-hybridized carbons (Fsp3) is 0.304. The van der Waals surface area contributed by atoms with Crippen molar-refractivity contribution >= 4 is 56.8 Å². The van der Waals surface area contributed by atoms with Crippen LogP contribution in [0.3, 0.4) is 0 Å². The number of allylic oxidation sites excluding steroid dienone is 2. The molecule has 0 spiro atoms. The van der Waals surface area contributed by atoms with Gasteiger partial charge in [0.25, 0.3) is 10.6 Å². The van der Waals surface area contributed by atoms with Crippen molar-refractivity contribution in [1.29, 1.82) is 0 Å². The number of aromatic nitrogens is 2. The Balaban J connectivity index is 1.83. The number of thiazole rings is 2. The van der Waals surface area contributed by atoms with Crippen molar-refractivity contribution in [2.45, 2.75) is 40.8 Å². The van der Waals surface area contributed by atoms with Crippen LogP contribution in [-0.4, -0.2) is 16.0 Å². The van der Waals surface area contributed by atoms with E-state index in [-0.39, 0.29) is 5.56 Å². The van der Waals surface area contributed by atoms with Gasteiger partial charge in [-0.2, -0.15) is 4.57 Å². The van der Waals surface area contributed by atoms with Gasteiger partial charge in [0.05, 0.1) is 15.6 Å². The Morgan fingerprint density at radius 2 is 1.87 bits per heavy atom. The molecule has 0 N–H and O–H groups in total. The van der Waals surface area contributed by atoms with Crippen LogP contribution in [0, 0.1) is 0 Å². The van der Waals surface area contributed by atoms with Gasteiger partial charge in [0.1, 0.15) is 15.9 Å². The lowest BCUT2D eigenvalue weighted by Crippen LogP contribution is -2.35. The Morgan fingerprint density at radius 3 is 2.60 bits per heavy atom. The molecule has 0 saturated carbocycles. The van der Waals surface area contributed by atoms with Crippen LogP contribution in [0.2, 0.25) is 0 Å². The average molecular weight is 457 g/mol. The quantitative estimate of drug-likeness (QED) is 0.547. The molecule has 0 bridgehead atoms. The third-order valence-electron chi connectivity index (χ3n) is 5.19. The van der Waals surface area contributed by atoms with Crippen molar-refractivity contribution in [2.24, 2.45) is 0 Å². The molecule has 1 aliphatic rings. The molecule has 0 saturated heterocycles. The first-order chi connectivity index (χ1) is 14.6. The molecule has 0 amide bonds. The van der Waals surface area contributed by atoms with Crippen molar-refractivity contribution < 1.29 is 4.57 Å². The highest BCUT2D eigenvalue weighted by molar-refractivity contribution is 8.06. The Kier molecular flexibility index (Phi) is 6.32. The number of thioether (sulfide) groups is 1. The maximum atomic E-state index is 13.0. The molecule has 30 heavy (non-hydrogen) atoms. The summed E-state index contributed by atoms with van der Waals surface area (Å²) in [5.74, 6) is 0. The molecule has 3 heterocycles. The third-order valence-corrected chi connectivity index (χ3v) is 8.44. The Labute approximate surface area is 188 Å². The van der Waals surface area contributed by atoms with E-state index in [1.807, 2.05) is 17.6 Å². The standard InChI is InChI=1S/C23H26N3OS3/c1-5-24-16(4)15-28-20(24)13-12-19-23(27)26(7-3)22(30-19)14-21-25(6-2)17-10-8-9-11-18(17)29-21/h8-15H,5-7H2,1-4H3/q+1/b19-12-,20-13-. The predicted molar refractivity (Wildman–Crippen MR) is 131 cm³/mol. The fourth-order valence-electron chi connectivity index (χ4n) is 3.68. The van der Waals surface area contributed by atoms with Crippen LogP contribution in [0.5, 0.6) is 0 Å². The van der Waals surface area contributed by atoms with Crippen molar-refractivity contribution in [3.05, 3.63) is 71.0 Å². The van der Waals surface area contributed by atoms with Crippen LogP contribution in [0.15, 0.2) is 51.3 Å². The molecule has 156 valence electrons. The molecule has 1 aliphatic heterocycles. The second-order valence-electron chi connectivity index (χ2n) is 6.94. The van der Waals surface area contributed by atoms with E-state index in [1.165, 1.54) is 26.0 Å². The van der Waals surface area contributed by atoms with Crippen LogP contribution in [0.1, 0.15) is 32.7 Å². The van der Waals surface area contributed by atoms with Gasteiger partial charge in [-0.25, -0.2) is 0 Å². The minimum Gasteiger partial charge on any atom is -0.340 e. The van der Waals surface area contributed by atoms with E-state index in [2.05, 4.69) is 72.1 Å². The number of hydrogen-bond donors (Lipinski definition) is 0. The summed E-state index contributed by atoms with van der Waals surface area (Å²) in [6.07, 6.45) is 6.22. The molecule has 0 atom stereocenters. The van der Waals surface area contributed by atoms with Crippen LogP contribution in [0.4, 0.5) is 0 Å². The zero-order chi connectivity index (χ0) is 21.3. The summed E-state index contributed by atoms with van der Waals surface area (Å²) in [5, 5.41) is 4.51. The molecule has 3 aromatic rings. The minimum absolute atomic E-state index is 0.0884. The summed E-state index contributed by atoms with van der Waals surface area (Å²) in [7, 11) is 0. The predicted octanol–water partition coefficient (Wildman–Crippen LogP) is 3.83. The van der Waals surface area contributed by atoms with Gasteiger partial charge in [0.15, 0.2) is 0 Å². The summed E-state index contributed by atoms with van der Waals surface area (Å²) in [6, 6.07) is 8.47. The Morgan fingerprint density at radius 1 is 1.07 bits per heavy atom. The van der Waals surface area contributed by atoms with Gasteiger partial charge in [-0.3, -0.25) is 9.36 Å². The van der Waals surface area contributed by atoms with Gasteiger partial charge in [0, 0.05) is 24.9 Å². The van der Waals surface area contributed by atoms with E-state index < -0.39 is 0 Å². The Hall–Kier alpha value is -2.09. The molecule has 0 fully saturated rings. The minimum atomic E-state index is 0.0884. The lowest BCUT2D eigenvalue weighted by atomic mass is 10.3. The van der Waals surface area contributed by atoms with E-state index in [0.29, 0.717) is 6.54 Å². The highest BCUT2D eigenvalue weighted by Gasteiger charge is 2.18.